The summed E-state index contributed by atoms with van der Waals surface area (Å²) < 4.78 is 7.88. The fourth-order valence-electron chi connectivity index (χ4n) is 3.39. The van der Waals surface area contributed by atoms with E-state index >= 15 is 0 Å². The van der Waals surface area contributed by atoms with Crippen molar-refractivity contribution in [1.29, 1.82) is 0 Å². The number of hydrogen-bond donors (Lipinski definition) is 1. The summed E-state index contributed by atoms with van der Waals surface area (Å²) in [6.07, 6.45) is 1.93. The van der Waals surface area contributed by atoms with Gasteiger partial charge in [0.2, 0.25) is 5.88 Å². The molecule has 174 valence electrons. The molecule has 3 aromatic rings. The summed E-state index contributed by atoms with van der Waals surface area (Å²) in [7, 11) is 0. The van der Waals surface area contributed by atoms with Gasteiger partial charge in [-0.3, -0.25) is 4.79 Å². The molecule has 1 aliphatic heterocycles. The van der Waals surface area contributed by atoms with Gasteiger partial charge >= 0.3 is 0 Å². The van der Waals surface area contributed by atoms with Crippen molar-refractivity contribution in [1.82, 2.24) is 20.0 Å². The summed E-state index contributed by atoms with van der Waals surface area (Å²) in [5, 5.41) is 9.67. The van der Waals surface area contributed by atoms with Crippen LogP contribution in [0.25, 0.3) is 5.69 Å². The summed E-state index contributed by atoms with van der Waals surface area (Å²) in [5.74, 6) is 0.867. The predicted octanol–water partition coefficient (Wildman–Crippen LogP) is 6.36. The fraction of sp³-hybridized carbons (Fsp3) is 0.333. The fourth-order valence-corrected chi connectivity index (χ4v) is 4.01. The van der Waals surface area contributed by atoms with E-state index in [1.165, 1.54) is 0 Å². The van der Waals surface area contributed by atoms with Gasteiger partial charge in [0.1, 0.15) is 5.75 Å². The first-order chi connectivity index (χ1) is 15.9. The molecule has 0 saturated carbocycles. The molecule has 0 radical (unpaired) electrons. The summed E-state index contributed by atoms with van der Waals surface area (Å²) in [6, 6.07) is 12.4. The molecule has 0 bridgehead atoms. The Kier molecular flexibility index (Phi) is 7.49. The minimum Gasteiger partial charge on any atom is -0.439 e. The molecule has 1 atom stereocenters. The van der Waals surface area contributed by atoms with Crippen LogP contribution in [-0.2, 0) is 6.54 Å². The highest BCUT2D eigenvalue weighted by Crippen LogP contribution is 2.35. The van der Waals surface area contributed by atoms with Crippen LogP contribution in [0, 0.1) is 0 Å². The highest BCUT2D eigenvalue weighted by molar-refractivity contribution is 6.35. The van der Waals surface area contributed by atoms with Gasteiger partial charge in [0, 0.05) is 35.7 Å². The minimum absolute atomic E-state index is 0.119. The van der Waals surface area contributed by atoms with Gasteiger partial charge in [-0.15, -0.1) is 0 Å². The van der Waals surface area contributed by atoms with Crippen LogP contribution in [0.4, 0.5) is 0 Å². The first kappa shape index (κ1) is 23.9. The van der Waals surface area contributed by atoms with Crippen molar-refractivity contribution in [3.63, 3.8) is 0 Å². The van der Waals surface area contributed by atoms with Crippen molar-refractivity contribution in [2.24, 2.45) is 0 Å². The number of aromatic nitrogens is 2. The van der Waals surface area contributed by atoms with Gasteiger partial charge < -0.3 is 15.0 Å². The van der Waals surface area contributed by atoms with E-state index in [-0.39, 0.29) is 11.9 Å². The number of carbonyl (C=O) groups excluding carboxylic acids is 1. The lowest BCUT2D eigenvalue weighted by Crippen LogP contribution is -2.42. The Hall–Kier alpha value is -2.25. The van der Waals surface area contributed by atoms with Crippen molar-refractivity contribution in [3.8, 4) is 17.3 Å². The Morgan fingerprint density at radius 3 is 2.42 bits per heavy atom. The van der Waals surface area contributed by atoms with E-state index in [0.717, 1.165) is 25.9 Å². The maximum absolute atomic E-state index is 13.3. The lowest BCUT2D eigenvalue weighted by atomic mass is 10.1. The first-order valence-corrected chi connectivity index (χ1v) is 12.0. The largest absolute Gasteiger partial charge is 0.439 e. The maximum atomic E-state index is 13.3. The number of ether oxygens (including phenoxy) is 1. The van der Waals surface area contributed by atoms with Crippen molar-refractivity contribution >= 4 is 40.7 Å². The molecule has 1 amide bonds. The Bertz CT molecular complexity index is 1140. The van der Waals surface area contributed by atoms with Crippen LogP contribution in [0.3, 0.4) is 0 Å². The topological polar surface area (TPSA) is 59.4 Å². The second-order valence-electron chi connectivity index (χ2n) is 8.03. The van der Waals surface area contributed by atoms with Crippen LogP contribution >= 0.6 is 34.8 Å². The van der Waals surface area contributed by atoms with Crippen LogP contribution in [0.1, 0.15) is 42.7 Å². The third kappa shape index (κ3) is 5.30. The monoisotopic (exact) mass is 506 g/mol. The number of likely N-dealkylation sites (tertiary alicyclic amines) is 1. The quantitative estimate of drug-likeness (QED) is 0.385. The zero-order chi connectivity index (χ0) is 23.5. The third-order valence-electron chi connectivity index (χ3n) is 5.69. The van der Waals surface area contributed by atoms with E-state index in [2.05, 4.69) is 19.2 Å². The molecule has 1 unspecified atom stereocenters. The zero-order valence-electron chi connectivity index (χ0n) is 18.4. The van der Waals surface area contributed by atoms with Gasteiger partial charge in [-0.25, -0.2) is 0 Å². The van der Waals surface area contributed by atoms with E-state index in [1.54, 1.807) is 52.0 Å². The highest BCUT2D eigenvalue weighted by Gasteiger charge is 2.31. The Morgan fingerprint density at radius 2 is 1.82 bits per heavy atom. The van der Waals surface area contributed by atoms with Gasteiger partial charge in [0.25, 0.3) is 5.91 Å². The normalized spacial score (nSPS) is 14.2. The van der Waals surface area contributed by atoms with Crippen LogP contribution in [-0.4, -0.2) is 39.7 Å². The van der Waals surface area contributed by atoms with Crippen LogP contribution in [0.15, 0.2) is 42.5 Å². The number of hydrogen-bond acceptors (Lipinski definition) is 4. The molecular formula is C24H25Cl3N4O2. The number of carbonyl (C=O) groups is 1. The maximum Gasteiger partial charge on any atom is 0.274 e. The second-order valence-corrected chi connectivity index (χ2v) is 9.31. The molecular weight excluding hydrogens is 483 g/mol. The molecule has 1 aliphatic rings. The number of amides is 1. The van der Waals surface area contributed by atoms with E-state index in [0.29, 0.717) is 50.2 Å². The van der Waals surface area contributed by atoms with Crippen molar-refractivity contribution in [2.45, 2.75) is 39.3 Å². The average Bonchev–Trinajstić information content (AvgIpc) is 3.10. The zero-order valence-corrected chi connectivity index (χ0v) is 20.7. The smallest absolute Gasteiger partial charge is 0.274 e. The van der Waals surface area contributed by atoms with Crippen LogP contribution in [0.5, 0.6) is 11.6 Å². The van der Waals surface area contributed by atoms with Crippen LogP contribution in [0.2, 0.25) is 15.1 Å². The molecule has 33 heavy (non-hydrogen) atoms. The summed E-state index contributed by atoms with van der Waals surface area (Å²) in [4.78, 5) is 15.1. The summed E-state index contributed by atoms with van der Waals surface area (Å²) >= 11 is 18.7. The third-order valence-corrected chi connectivity index (χ3v) is 6.48. The molecule has 2 aromatic carbocycles. The van der Waals surface area contributed by atoms with Crippen LogP contribution < -0.4 is 10.1 Å². The Morgan fingerprint density at radius 1 is 1.12 bits per heavy atom. The Balaban J connectivity index is 1.86. The van der Waals surface area contributed by atoms with E-state index in [9.17, 15) is 4.79 Å². The number of rotatable bonds is 8. The van der Waals surface area contributed by atoms with Gasteiger partial charge in [-0.2, -0.15) is 9.78 Å². The average molecular weight is 508 g/mol. The number of benzene rings is 2. The highest BCUT2D eigenvalue weighted by atomic mass is 35.5. The minimum atomic E-state index is -0.119. The standard InChI is InChI=1S/C24H25Cl3N4O2/c1-3-15(2)28-14-19-22(23(32)30-11-4-12-30)29-31(21-10-7-17(26)13-20(21)27)24(19)33-18-8-5-16(25)6-9-18/h5-10,13,15,28H,3-4,11-12,14H2,1-2H3. The number of halogens is 3. The molecule has 1 aromatic heterocycles. The van der Waals surface area contributed by atoms with Gasteiger partial charge in [0.05, 0.1) is 16.3 Å². The second kappa shape index (κ2) is 10.3. The molecule has 0 aliphatic carbocycles. The SMILES string of the molecule is CCC(C)NCc1c(C(=O)N2CCC2)nn(-c2ccc(Cl)cc2Cl)c1Oc1ccc(Cl)cc1. The summed E-state index contributed by atoms with van der Waals surface area (Å²) in [6.45, 7) is 6.05. The van der Waals surface area contributed by atoms with E-state index in [4.69, 9.17) is 44.6 Å². The van der Waals surface area contributed by atoms with Crippen molar-refractivity contribution in [2.75, 3.05) is 13.1 Å². The number of nitrogens with zero attached hydrogens (tertiary/aromatic N) is 3. The van der Waals surface area contributed by atoms with Gasteiger partial charge in [-0.05, 0) is 62.2 Å². The lowest BCUT2D eigenvalue weighted by molar-refractivity contribution is 0.0643. The molecule has 1 fully saturated rings. The van der Waals surface area contributed by atoms with Crippen molar-refractivity contribution in [3.05, 3.63) is 68.8 Å². The van der Waals surface area contributed by atoms with E-state index < -0.39 is 0 Å². The van der Waals surface area contributed by atoms with Gasteiger partial charge in [0.15, 0.2) is 5.69 Å². The predicted molar refractivity (Wildman–Crippen MR) is 132 cm³/mol. The first-order valence-electron chi connectivity index (χ1n) is 10.9. The Labute approximate surface area is 208 Å². The lowest BCUT2D eigenvalue weighted by Gasteiger charge is -2.30. The molecule has 0 spiro atoms. The molecule has 1 saturated heterocycles. The molecule has 4 rings (SSSR count). The van der Waals surface area contributed by atoms with E-state index in [1.807, 2.05) is 0 Å². The molecule has 1 N–H and O–H groups in total. The molecule has 9 heteroatoms. The number of nitrogens with one attached hydrogen (secondary N) is 1. The molecule has 2 heterocycles. The van der Waals surface area contributed by atoms with Crippen molar-refractivity contribution < 1.29 is 9.53 Å². The van der Waals surface area contributed by atoms with Gasteiger partial charge in [-0.1, -0.05) is 41.7 Å². The molecule has 6 nitrogen and oxygen atoms in total. The summed E-state index contributed by atoms with van der Waals surface area (Å²) in [5.41, 5.74) is 1.59.